The molecule has 0 radical (unpaired) electrons. The summed E-state index contributed by atoms with van der Waals surface area (Å²) in [5.74, 6) is -0.336. The maximum Gasteiger partial charge on any atom is 0.207 e. The normalized spacial score (nSPS) is 10.9. The van der Waals surface area contributed by atoms with Crippen LogP contribution in [0.25, 0.3) is 22.8 Å². The SMILES string of the molecule is CCNC=O.CNCCc1c(C)[nH]c(/C=C(\C=O)c2c(N)cccc2-c2cccc(F)c2)c1C. The van der Waals surface area contributed by atoms with Crippen LogP contribution < -0.4 is 16.4 Å². The maximum absolute atomic E-state index is 13.8. The van der Waals surface area contributed by atoms with Gasteiger partial charge < -0.3 is 21.4 Å². The number of anilines is 1. The van der Waals surface area contributed by atoms with Gasteiger partial charge in [0.2, 0.25) is 6.41 Å². The van der Waals surface area contributed by atoms with Gasteiger partial charge in [0, 0.05) is 34.8 Å². The first-order valence-electron chi connectivity index (χ1n) is 11.2. The molecule has 0 aliphatic heterocycles. The van der Waals surface area contributed by atoms with E-state index in [0.717, 1.165) is 48.3 Å². The van der Waals surface area contributed by atoms with Crippen LogP contribution in [0.4, 0.5) is 10.1 Å². The third-order valence-corrected chi connectivity index (χ3v) is 5.49. The molecule has 0 unspecified atom stereocenters. The minimum absolute atomic E-state index is 0.336. The van der Waals surface area contributed by atoms with Crippen LogP contribution in [0.1, 0.15) is 35.0 Å². The lowest BCUT2D eigenvalue weighted by molar-refractivity contribution is -0.109. The molecule has 6 nitrogen and oxygen atoms in total. The van der Waals surface area contributed by atoms with E-state index in [4.69, 9.17) is 5.73 Å². The lowest BCUT2D eigenvalue weighted by Crippen LogP contribution is -2.11. The topological polar surface area (TPSA) is 100 Å². The van der Waals surface area contributed by atoms with Gasteiger partial charge in [-0.15, -0.1) is 0 Å². The van der Waals surface area contributed by atoms with Crippen molar-refractivity contribution in [2.75, 3.05) is 25.9 Å². The number of nitrogens with two attached hydrogens (primary N) is 1. The second kappa shape index (κ2) is 13.1. The molecular weight excluding hydrogens is 431 g/mol. The molecule has 0 saturated heterocycles. The predicted octanol–water partition coefficient (Wildman–Crippen LogP) is 4.27. The highest BCUT2D eigenvalue weighted by atomic mass is 19.1. The van der Waals surface area contributed by atoms with Gasteiger partial charge in [-0.1, -0.05) is 24.3 Å². The van der Waals surface area contributed by atoms with Gasteiger partial charge in [0.15, 0.2) is 6.29 Å². The number of aryl methyl sites for hydroxylation is 1. The average Bonchev–Trinajstić information content (AvgIpc) is 3.09. The Labute approximate surface area is 200 Å². The van der Waals surface area contributed by atoms with Crippen molar-refractivity contribution in [1.29, 1.82) is 0 Å². The molecule has 180 valence electrons. The predicted molar refractivity (Wildman–Crippen MR) is 138 cm³/mol. The Bertz CT molecular complexity index is 1150. The number of nitrogen functional groups attached to an aromatic ring is 1. The zero-order chi connectivity index (χ0) is 25.1. The van der Waals surface area contributed by atoms with E-state index in [9.17, 15) is 14.0 Å². The van der Waals surface area contributed by atoms with Gasteiger partial charge in [0.1, 0.15) is 5.82 Å². The van der Waals surface area contributed by atoms with Crippen LogP contribution in [-0.4, -0.2) is 37.8 Å². The minimum Gasteiger partial charge on any atom is -0.398 e. The number of likely N-dealkylation sites (N-methyl/N-ethyl adjacent to an activating group) is 1. The van der Waals surface area contributed by atoms with E-state index in [1.54, 1.807) is 18.2 Å². The highest BCUT2D eigenvalue weighted by Crippen LogP contribution is 2.34. The zero-order valence-electron chi connectivity index (χ0n) is 20.2. The molecule has 1 amide bonds. The summed E-state index contributed by atoms with van der Waals surface area (Å²) in [7, 11) is 1.93. The van der Waals surface area contributed by atoms with E-state index in [-0.39, 0.29) is 5.82 Å². The molecular formula is C27H33FN4O2. The molecule has 7 heteroatoms. The number of carbonyl (C=O) groups excluding carboxylic acids is 2. The van der Waals surface area contributed by atoms with Crippen molar-refractivity contribution < 1.29 is 14.0 Å². The number of hydrogen-bond donors (Lipinski definition) is 4. The van der Waals surface area contributed by atoms with E-state index in [1.807, 2.05) is 46.0 Å². The first-order valence-corrected chi connectivity index (χ1v) is 11.2. The number of allylic oxidation sites excluding steroid dienone is 1. The largest absolute Gasteiger partial charge is 0.398 e. The lowest BCUT2D eigenvalue weighted by atomic mass is 9.92. The van der Waals surface area contributed by atoms with Crippen LogP contribution in [0.15, 0.2) is 42.5 Å². The summed E-state index contributed by atoms with van der Waals surface area (Å²) < 4.78 is 13.8. The fourth-order valence-electron chi connectivity index (χ4n) is 3.78. The molecule has 1 aromatic heterocycles. The monoisotopic (exact) mass is 464 g/mol. The quantitative estimate of drug-likeness (QED) is 0.216. The number of amides is 1. The molecule has 0 saturated carbocycles. The van der Waals surface area contributed by atoms with E-state index >= 15 is 0 Å². The van der Waals surface area contributed by atoms with Gasteiger partial charge in [0.25, 0.3) is 0 Å². The Morgan fingerprint density at radius 2 is 1.88 bits per heavy atom. The minimum atomic E-state index is -0.336. The molecule has 0 bridgehead atoms. The summed E-state index contributed by atoms with van der Waals surface area (Å²) >= 11 is 0. The number of hydrogen-bond acceptors (Lipinski definition) is 4. The summed E-state index contributed by atoms with van der Waals surface area (Å²) in [6.45, 7) is 7.55. The standard InChI is InChI=1S/C24H26FN3O.C3H7NO/c1-15-20(10-11-27-3)16(2)28-23(15)13-18(14-29)24-21(8-5-9-22(24)26)17-6-4-7-19(25)12-17;1-2-4-3-5/h4-9,12-14,27-28H,10-11,26H2,1-3H3;3H,2H2,1H3,(H,4,5)/b18-13+;. The van der Waals surface area contributed by atoms with Crippen molar-refractivity contribution >= 4 is 30.0 Å². The number of aromatic nitrogens is 1. The molecule has 3 aromatic rings. The Balaban J connectivity index is 0.000000739. The van der Waals surface area contributed by atoms with Crippen LogP contribution in [0.5, 0.6) is 0 Å². The molecule has 0 aliphatic rings. The van der Waals surface area contributed by atoms with Crippen LogP contribution in [0.3, 0.4) is 0 Å². The van der Waals surface area contributed by atoms with Gasteiger partial charge in [0.05, 0.1) is 0 Å². The first-order chi connectivity index (χ1) is 16.4. The first kappa shape index (κ1) is 26.5. The van der Waals surface area contributed by atoms with Crippen molar-refractivity contribution in [3.63, 3.8) is 0 Å². The smallest absolute Gasteiger partial charge is 0.207 e. The number of rotatable bonds is 9. The van der Waals surface area contributed by atoms with E-state index < -0.39 is 0 Å². The number of carbonyl (C=O) groups is 2. The summed E-state index contributed by atoms with van der Waals surface area (Å²) in [5.41, 5.74) is 13.5. The van der Waals surface area contributed by atoms with Crippen molar-refractivity contribution in [2.45, 2.75) is 27.2 Å². The maximum atomic E-state index is 13.8. The summed E-state index contributed by atoms with van der Waals surface area (Å²) in [5, 5.41) is 5.59. The zero-order valence-corrected chi connectivity index (χ0v) is 20.2. The second-order valence-electron chi connectivity index (χ2n) is 7.79. The molecule has 3 rings (SSSR count). The number of aldehydes is 1. The van der Waals surface area contributed by atoms with Crippen molar-refractivity contribution in [3.05, 3.63) is 76.4 Å². The Kier molecular flexibility index (Phi) is 10.2. The number of halogens is 1. The van der Waals surface area contributed by atoms with E-state index in [2.05, 4.69) is 15.6 Å². The summed E-state index contributed by atoms with van der Waals surface area (Å²) in [6, 6.07) is 11.7. The van der Waals surface area contributed by atoms with E-state index in [1.165, 1.54) is 17.7 Å². The van der Waals surface area contributed by atoms with Gasteiger partial charge in [-0.05, 0) is 87.3 Å². The number of aromatic amines is 1. The number of H-pyrrole nitrogens is 1. The third-order valence-electron chi connectivity index (χ3n) is 5.49. The van der Waals surface area contributed by atoms with Crippen LogP contribution in [0, 0.1) is 19.7 Å². The Hall–Kier alpha value is -3.71. The van der Waals surface area contributed by atoms with Gasteiger partial charge in [-0.25, -0.2) is 4.39 Å². The van der Waals surface area contributed by atoms with Crippen molar-refractivity contribution in [3.8, 4) is 11.1 Å². The number of nitrogens with one attached hydrogen (secondary N) is 3. The summed E-state index contributed by atoms with van der Waals surface area (Å²) in [6.07, 6.45) is 4.21. The molecule has 2 aromatic carbocycles. The molecule has 5 N–H and O–H groups in total. The van der Waals surface area contributed by atoms with Gasteiger partial charge >= 0.3 is 0 Å². The van der Waals surface area contributed by atoms with Crippen LogP contribution >= 0.6 is 0 Å². The third kappa shape index (κ3) is 6.65. The average molecular weight is 465 g/mol. The van der Waals surface area contributed by atoms with Crippen molar-refractivity contribution in [2.24, 2.45) is 0 Å². The lowest BCUT2D eigenvalue weighted by Gasteiger charge is -2.13. The van der Waals surface area contributed by atoms with Crippen LogP contribution in [0.2, 0.25) is 0 Å². The molecule has 0 spiro atoms. The molecule has 0 aliphatic carbocycles. The van der Waals surface area contributed by atoms with E-state index in [0.29, 0.717) is 28.8 Å². The fourth-order valence-corrected chi connectivity index (χ4v) is 3.78. The van der Waals surface area contributed by atoms with Gasteiger partial charge in [-0.3, -0.25) is 9.59 Å². The van der Waals surface area contributed by atoms with Crippen LogP contribution in [-0.2, 0) is 16.0 Å². The molecule has 0 fully saturated rings. The summed E-state index contributed by atoms with van der Waals surface area (Å²) in [4.78, 5) is 24.7. The fraction of sp³-hybridized carbons (Fsp3) is 0.259. The molecule has 0 atom stereocenters. The Morgan fingerprint density at radius 1 is 1.15 bits per heavy atom. The van der Waals surface area contributed by atoms with Gasteiger partial charge in [-0.2, -0.15) is 0 Å². The molecule has 1 heterocycles. The molecule has 34 heavy (non-hydrogen) atoms. The van der Waals surface area contributed by atoms with Crippen molar-refractivity contribution in [1.82, 2.24) is 15.6 Å². The highest BCUT2D eigenvalue weighted by molar-refractivity contribution is 6.17. The second-order valence-corrected chi connectivity index (χ2v) is 7.79. The number of benzene rings is 2. The Morgan fingerprint density at radius 3 is 2.47 bits per heavy atom. The highest BCUT2D eigenvalue weighted by Gasteiger charge is 2.16.